The summed E-state index contributed by atoms with van der Waals surface area (Å²) in [4.78, 5) is 5.72. The normalized spacial score (nSPS) is 12.4. The fraction of sp³-hybridized carbons (Fsp3) is 0.312. The van der Waals surface area contributed by atoms with Gasteiger partial charge in [-0.25, -0.2) is 4.98 Å². The topological polar surface area (TPSA) is 38.9 Å². The maximum absolute atomic E-state index is 5.89. The molecule has 0 saturated heterocycles. The summed E-state index contributed by atoms with van der Waals surface area (Å²) in [5.41, 5.74) is 9.75. The minimum absolute atomic E-state index is 0.156. The van der Waals surface area contributed by atoms with Crippen LogP contribution < -0.4 is 5.73 Å². The van der Waals surface area contributed by atoms with Crippen LogP contribution in [0, 0.1) is 13.8 Å². The van der Waals surface area contributed by atoms with Crippen molar-refractivity contribution in [2.45, 2.75) is 43.2 Å². The summed E-state index contributed by atoms with van der Waals surface area (Å²) in [7, 11) is 0. The number of nitrogens with two attached hydrogens (primary N) is 1. The van der Waals surface area contributed by atoms with E-state index in [2.05, 4.69) is 43.1 Å². The molecule has 0 bridgehead atoms. The highest BCUT2D eigenvalue weighted by molar-refractivity contribution is 7.99. The van der Waals surface area contributed by atoms with Crippen molar-refractivity contribution in [3.8, 4) is 0 Å². The molecule has 1 aromatic carbocycles. The summed E-state index contributed by atoms with van der Waals surface area (Å²) in [5, 5.41) is 1.06. The Hall–Kier alpha value is -1.32. The minimum atomic E-state index is 0.156. The monoisotopic (exact) mass is 272 g/mol. The van der Waals surface area contributed by atoms with Crippen molar-refractivity contribution >= 4 is 11.8 Å². The number of rotatable bonds is 4. The van der Waals surface area contributed by atoms with Crippen LogP contribution in [-0.2, 0) is 6.42 Å². The second kappa shape index (κ2) is 6.22. The zero-order valence-electron chi connectivity index (χ0n) is 11.7. The van der Waals surface area contributed by atoms with E-state index in [-0.39, 0.29) is 6.04 Å². The van der Waals surface area contributed by atoms with Gasteiger partial charge >= 0.3 is 0 Å². The predicted octanol–water partition coefficient (Wildman–Crippen LogP) is 3.74. The zero-order chi connectivity index (χ0) is 13.8. The Bertz CT molecular complexity index is 564. The molecule has 1 heterocycles. The molecule has 0 radical (unpaired) electrons. The molecule has 1 atom stereocenters. The Kier molecular flexibility index (Phi) is 4.61. The quantitative estimate of drug-likeness (QED) is 0.921. The van der Waals surface area contributed by atoms with E-state index in [1.165, 1.54) is 21.6 Å². The minimum Gasteiger partial charge on any atom is -0.328 e. The first kappa shape index (κ1) is 14.1. The van der Waals surface area contributed by atoms with Crippen LogP contribution in [-0.4, -0.2) is 11.0 Å². The SMILES string of the molecule is Cc1ccc(Sc2ncccc2CC(C)N)cc1C. The zero-order valence-corrected chi connectivity index (χ0v) is 12.5. The molecule has 2 aromatic rings. The van der Waals surface area contributed by atoms with E-state index < -0.39 is 0 Å². The number of aromatic nitrogens is 1. The summed E-state index contributed by atoms with van der Waals surface area (Å²) in [5.74, 6) is 0. The van der Waals surface area contributed by atoms with E-state index in [0.29, 0.717) is 0 Å². The Morgan fingerprint density at radius 3 is 2.68 bits per heavy atom. The van der Waals surface area contributed by atoms with Crippen molar-refractivity contribution in [1.82, 2.24) is 4.98 Å². The highest BCUT2D eigenvalue weighted by Crippen LogP contribution is 2.30. The molecular formula is C16H20N2S. The molecule has 0 fully saturated rings. The molecule has 3 heteroatoms. The third-order valence-electron chi connectivity index (χ3n) is 3.08. The van der Waals surface area contributed by atoms with Gasteiger partial charge in [-0.2, -0.15) is 0 Å². The van der Waals surface area contributed by atoms with E-state index in [1.807, 2.05) is 19.2 Å². The van der Waals surface area contributed by atoms with Crippen molar-refractivity contribution in [2.75, 3.05) is 0 Å². The number of benzene rings is 1. The van der Waals surface area contributed by atoms with Crippen molar-refractivity contribution in [3.05, 3.63) is 53.2 Å². The van der Waals surface area contributed by atoms with Gasteiger partial charge in [0.2, 0.25) is 0 Å². The van der Waals surface area contributed by atoms with Crippen LogP contribution in [0.5, 0.6) is 0 Å². The van der Waals surface area contributed by atoms with Gasteiger partial charge in [-0.15, -0.1) is 0 Å². The standard InChI is InChI=1S/C16H20N2S/c1-11-6-7-15(9-12(11)2)19-16-14(10-13(3)17)5-4-8-18-16/h4-9,13H,10,17H2,1-3H3. The molecule has 0 aliphatic rings. The van der Waals surface area contributed by atoms with Gasteiger partial charge in [0.1, 0.15) is 5.03 Å². The maximum Gasteiger partial charge on any atom is 0.104 e. The largest absolute Gasteiger partial charge is 0.328 e. The smallest absolute Gasteiger partial charge is 0.104 e. The Balaban J connectivity index is 2.25. The molecule has 0 spiro atoms. The number of nitrogens with zero attached hydrogens (tertiary/aromatic N) is 1. The van der Waals surface area contributed by atoms with Gasteiger partial charge < -0.3 is 5.73 Å². The fourth-order valence-electron chi connectivity index (χ4n) is 1.91. The van der Waals surface area contributed by atoms with Crippen molar-refractivity contribution in [2.24, 2.45) is 5.73 Å². The molecule has 1 aromatic heterocycles. The van der Waals surface area contributed by atoms with Crippen LogP contribution in [0.4, 0.5) is 0 Å². The molecule has 2 nitrogen and oxygen atoms in total. The van der Waals surface area contributed by atoms with E-state index >= 15 is 0 Å². The highest BCUT2D eigenvalue weighted by Gasteiger charge is 2.08. The fourth-order valence-corrected chi connectivity index (χ4v) is 2.90. The van der Waals surface area contributed by atoms with Gasteiger partial charge in [-0.1, -0.05) is 23.9 Å². The maximum atomic E-state index is 5.89. The molecule has 2 rings (SSSR count). The van der Waals surface area contributed by atoms with Crippen LogP contribution >= 0.6 is 11.8 Å². The molecular weight excluding hydrogens is 252 g/mol. The number of hydrogen-bond donors (Lipinski definition) is 1. The highest BCUT2D eigenvalue weighted by atomic mass is 32.2. The lowest BCUT2D eigenvalue weighted by atomic mass is 10.1. The Morgan fingerprint density at radius 1 is 1.21 bits per heavy atom. The Morgan fingerprint density at radius 2 is 2.00 bits per heavy atom. The van der Waals surface area contributed by atoms with E-state index in [1.54, 1.807) is 11.8 Å². The van der Waals surface area contributed by atoms with Gasteiger partial charge in [-0.05, 0) is 62.1 Å². The molecule has 100 valence electrons. The van der Waals surface area contributed by atoms with Crippen molar-refractivity contribution < 1.29 is 0 Å². The average molecular weight is 272 g/mol. The average Bonchev–Trinajstić information content (AvgIpc) is 2.36. The number of hydrogen-bond acceptors (Lipinski definition) is 3. The van der Waals surface area contributed by atoms with Gasteiger partial charge in [0.25, 0.3) is 0 Å². The van der Waals surface area contributed by atoms with Crippen molar-refractivity contribution in [3.63, 3.8) is 0 Å². The van der Waals surface area contributed by atoms with E-state index in [9.17, 15) is 0 Å². The van der Waals surface area contributed by atoms with Crippen LogP contribution in [0.25, 0.3) is 0 Å². The van der Waals surface area contributed by atoms with Gasteiger partial charge in [-0.3, -0.25) is 0 Å². The molecule has 0 saturated carbocycles. The summed E-state index contributed by atoms with van der Waals surface area (Å²) in [6, 6.07) is 10.8. The molecule has 0 aliphatic heterocycles. The number of aryl methyl sites for hydroxylation is 2. The summed E-state index contributed by atoms with van der Waals surface area (Å²) in [6.45, 7) is 6.30. The second-order valence-corrected chi connectivity index (χ2v) is 6.06. The second-order valence-electron chi connectivity index (χ2n) is 5.00. The molecule has 0 aliphatic carbocycles. The first-order valence-corrected chi connectivity index (χ1v) is 7.32. The Labute approximate surface area is 119 Å². The summed E-state index contributed by atoms with van der Waals surface area (Å²) < 4.78 is 0. The van der Waals surface area contributed by atoms with E-state index in [0.717, 1.165) is 11.4 Å². The summed E-state index contributed by atoms with van der Waals surface area (Å²) >= 11 is 1.71. The molecule has 19 heavy (non-hydrogen) atoms. The third-order valence-corrected chi connectivity index (χ3v) is 4.14. The first-order valence-electron chi connectivity index (χ1n) is 6.51. The van der Waals surface area contributed by atoms with Crippen LogP contribution in [0.3, 0.4) is 0 Å². The lowest BCUT2D eigenvalue weighted by molar-refractivity contribution is 0.722. The predicted molar refractivity (Wildman–Crippen MR) is 81.6 cm³/mol. The van der Waals surface area contributed by atoms with Gasteiger partial charge in [0.05, 0.1) is 0 Å². The molecule has 2 N–H and O–H groups in total. The summed E-state index contributed by atoms with van der Waals surface area (Å²) in [6.07, 6.45) is 2.70. The van der Waals surface area contributed by atoms with Crippen LogP contribution in [0.1, 0.15) is 23.6 Å². The van der Waals surface area contributed by atoms with Gasteiger partial charge in [0, 0.05) is 17.1 Å². The number of pyridine rings is 1. The molecule has 0 amide bonds. The van der Waals surface area contributed by atoms with Crippen LogP contribution in [0.2, 0.25) is 0 Å². The van der Waals surface area contributed by atoms with E-state index in [4.69, 9.17) is 5.73 Å². The van der Waals surface area contributed by atoms with Crippen LogP contribution in [0.15, 0.2) is 46.5 Å². The third kappa shape index (κ3) is 3.82. The lowest BCUT2D eigenvalue weighted by Gasteiger charge is -2.11. The molecule has 1 unspecified atom stereocenters. The first-order chi connectivity index (χ1) is 9.06. The lowest BCUT2D eigenvalue weighted by Crippen LogP contribution is -2.18. The van der Waals surface area contributed by atoms with Gasteiger partial charge in [0.15, 0.2) is 0 Å². The van der Waals surface area contributed by atoms with Crippen molar-refractivity contribution in [1.29, 1.82) is 0 Å².